The molecule has 10 nitrogen and oxygen atoms in total. The molecule has 2 rings (SSSR count). The Morgan fingerprint density at radius 3 is 2.78 bits per heavy atom. The molecule has 0 radical (unpaired) electrons. The van der Waals surface area contributed by atoms with Crippen molar-refractivity contribution in [2.75, 3.05) is 0 Å². The van der Waals surface area contributed by atoms with Crippen LogP contribution in [-0.2, 0) is 13.6 Å². The van der Waals surface area contributed by atoms with Crippen molar-refractivity contribution in [1.82, 2.24) is 24.5 Å². The molecule has 0 aliphatic carbocycles. The highest BCUT2D eigenvalue weighted by Crippen LogP contribution is 2.16. The van der Waals surface area contributed by atoms with Gasteiger partial charge in [0.05, 0.1) is 4.92 Å². The summed E-state index contributed by atoms with van der Waals surface area (Å²) in [4.78, 5) is 20.7. The standard InChI is InChI=1S/C8H8N6O4/c1-12-4-9-10-6(12)3-13-2-5(14(17)18)7(11-13)8(15)16/h2,4H,3H2,1H3,(H,15,16). The molecule has 0 aliphatic heterocycles. The first kappa shape index (κ1) is 11.7. The van der Waals surface area contributed by atoms with E-state index in [1.165, 1.54) is 6.33 Å². The molecule has 94 valence electrons. The molecule has 0 spiro atoms. The smallest absolute Gasteiger partial charge is 0.363 e. The molecule has 2 heterocycles. The van der Waals surface area contributed by atoms with Crippen LogP contribution in [0.15, 0.2) is 12.5 Å². The normalized spacial score (nSPS) is 10.5. The average Bonchev–Trinajstić information content (AvgIpc) is 2.87. The van der Waals surface area contributed by atoms with Gasteiger partial charge in [-0.1, -0.05) is 0 Å². The Kier molecular flexibility index (Phi) is 2.75. The van der Waals surface area contributed by atoms with Crippen molar-refractivity contribution < 1.29 is 14.8 Å². The first-order valence-corrected chi connectivity index (χ1v) is 4.77. The number of carboxylic acids is 1. The molecule has 0 atom stereocenters. The monoisotopic (exact) mass is 252 g/mol. The predicted octanol–water partition coefficient (Wildman–Crippen LogP) is -0.334. The number of rotatable bonds is 4. The lowest BCUT2D eigenvalue weighted by molar-refractivity contribution is -0.385. The fourth-order valence-corrected chi connectivity index (χ4v) is 1.37. The second-order valence-corrected chi connectivity index (χ2v) is 3.48. The zero-order valence-electron chi connectivity index (χ0n) is 9.22. The van der Waals surface area contributed by atoms with Crippen molar-refractivity contribution in [3.05, 3.63) is 34.2 Å². The molecule has 0 amide bonds. The number of hydrogen-bond acceptors (Lipinski definition) is 6. The summed E-state index contributed by atoms with van der Waals surface area (Å²) in [5, 5.41) is 30.5. The van der Waals surface area contributed by atoms with E-state index in [9.17, 15) is 14.9 Å². The summed E-state index contributed by atoms with van der Waals surface area (Å²) >= 11 is 0. The van der Waals surface area contributed by atoms with Gasteiger partial charge in [0, 0.05) is 7.05 Å². The van der Waals surface area contributed by atoms with Crippen LogP contribution < -0.4 is 0 Å². The van der Waals surface area contributed by atoms with Gasteiger partial charge in [0.1, 0.15) is 19.1 Å². The summed E-state index contributed by atoms with van der Waals surface area (Å²) in [6, 6.07) is 0. The summed E-state index contributed by atoms with van der Waals surface area (Å²) in [7, 11) is 1.70. The number of nitro groups is 1. The van der Waals surface area contributed by atoms with Gasteiger partial charge in [-0.3, -0.25) is 14.8 Å². The second-order valence-electron chi connectivity index (χ2n) is 3.48. The summed E-state index contributed by atoms with van der Waals surface area (Å²) in [6.07, 6.45) is 2.52. The van der Waals surface area contributed by atoms with E-state index in [2.05, 4.69) is 15.3 Å². The van der Waals surface area contributed by atoms with Gasteiger partial charge in [-0.25, -0.2) is 4.79 Å². The van der Waals surface area contributed by atoms with Crippen LogP contribution in [0.4, 0.5) is 5.69 Å². The van der Waals surface area contributed by atoms with E-state index >= 15 is 0 Å². The van der Waals surface area contributed by atoms with Gasteiger partial charge in [0.2, 0.25) is 5.69 Å². The summed E-state index contributed by atoms with van der Waals surface area (Å²) in [5.74, 6) is -0.942. The van der Waals surface area contributed by atoms with Crippen molar-refractivity contribution in [3.63, 3.8) is 0 Å². The number of carboxylic acid groups (broad SMARTS) is 1. The highest BCUT2D eigenvalue weighted by molar-refractivity contribution is 5.89. The van der Waals surface area contributed by atoms with E-state index in [-0.39, 0.29) is 6.54 Å². The van der Waals surface area contributed by atoms with Crippen molar-refractivity contribution in [1.29, 1.82) is 0 Å². The number of aryl methyl sites for hydroxylation is 1. The molecule has 0 saturated heterocycles. The third kappa shape index (κ3) is 2.03. The van der Waals surface area contributed by atoms with Crippen molar-refractivity contribution in [2.24, 2.45) is 7.05 Å². The Balaban J connectivity index is 2.36. The molecule has 0 saturated carbocycles. The number of carbonyl (C=O) groups is 1. The molecular weight excluding hydrogens is 244 g/mol. The van der Waals surface area contributed by atoms with Crippen LogP contribution in [0.3, 0.4) is 0 Å². The average molecular weight is 252 g/mol. The zero-order chi connectivity index (χ0) is 13.3. The lowest BCUT2D eigenvalue weighted by Crippen LogP contribution is -2.08. The van der Waals surface area contributed by atoms with E-state index in [1.54, 1.807) is 11.6 Å². The molecule has 0 aromatic carbocycles. The van der Waals surface area contributed by atoms with Gasteiger partial charge in [-0.15, -0.1) is 10.2 Å². The largest absolute Gasteiger partial charge is 0.476 e. The van der Waals surface area contributed by atoms with Crippen LogP contribution in [0.5, 0.6) is 0 Å². The van der Waals surface area contributed by atoms with Crippen LogP contribution >= 0.6 is 0 Å². The Labute approximate surface area is 99.6 Å². The molecule has 2 aromatic rings. The quantitative estimate of drug-likeness (QED) is 0.582. The minimum atomic E-state index is -1.45. The van der Waals surface area contributed by atoms with Crippen LogP contribution in [0.2, 0.25) is 0 Å². The van der Waals surface area contributed by atoms with E-state index in [0.717, 1.165) is 10.9 Å². The molecule has 10 heteroatoms. The van der Waals surface area contributed by atoms with Crippen LogP contribution in [-0.4, -0.2) is 40.5 Å². The molecule has 18 heavy (non-hydrogen) atoms. The Hall–Kier alpha value is -2.78. The van der Waals surface area contributed by atoms with Gasteiger partial charge in [0.25, 0.3) is 0 Å². The number of hydrogen-bond donors (Lipinski definition) is 1. The Morgan fingerprint density at radius 1 is 1.61 bits per heavy atom. The number of aromatic nitrogens is 5. The number of aromatic carboxylic acids is 1. The fraction of sp³-hybridized carbons (Fsp3) is 0.250. The molecule has 0 fully saturated rings. The zero-order valence-corrected chi connectivity index (χ0v) is 9.22. The molecular formula is C8H8N6O4. The van der Waals surface area contributed by atoms with Crippen molar-refractivity contribution in [2.45, 2.75) is 6.54 Å². The maximum atomic E-state index is 10.8. The van der Waals surface area contributed by atoms with Crippen molar-refractivity contribution >= 4 is 11.7 Å². The van der Waals surface area contributed by atoms with Crippen molar-refractivity contribution in [3.8, 4) is 0 Å². The Morgan fingerprint density at radius 2 is 2.33 bits per heavy atom. The lowest BCUT2D eigenvalue weighted by atomic mass is 10.4. The van der Waals surface area contributed by atoms with Gasteiger partial charge >= 0.3 is 11.7 Å². The summed E-state index contributed by atoms with van der Waals surface area (Å²) in [6.45, 7) is 0.102. The van der Waals surface area contributed by atoms with Gasteiger partial charge in [-0.2, -0.15) is 5.10 Å². The van der Waals surface area contributed by atoms with Gasteiger partial charge in [0.15, 0.2) is 5.82 Å². The van der Waals surface area contributed by atoms with Crippen LogP contribution in [0.25, 0.3) is 0 Å². The minimum Gasteiger partial charge on any atom is -0.476 e. The van der Waals surface area contributed by atoms with E-state index in [1.807, 2.05) is 0 Å². The fourth-order valence-electron chi connectivity index (χ4n) is 1.37. The van der Waals surface area contributed by atoms with E-state index in [4.69, 9.17) is 5.11 Å². The van der Waals surface area contributed by atoms with Crippen LogP contribution in [0, 0.1) is 10.1 Å². The van der Waals surface area contributed by atoms with E-state index in [0.29, 0.717) is 5.82 Å². The molecule has 1 N–H and O–H groups in total. The van der Waals surface area contributed by atoms with Crippen LogP contribution in [0.1, 0.15) is 16.3 Å². The molecule has 0 unspecified atom stereocenters. The van der Waals surface area contributed by atoms with Gasteiger partial charge in [-0.05, 0) is 0 Å². The number of nitrogens with zero attached hydrogens (tertiary/aromatic N) is 6. The minimum absolute atomic E-state index is 0.102. The maximum Gasteiger partial charge on any atom is 0.363 e. The molecule has 0 bridgehead atoms. The third-order valence-corrected chi connectivity index (χ3v) is 2.25. The summed E-state index contributed by atoms with van der Waals surface area (Å²) in [5.41, 5.74) is -1.15. The molecule has 0 aliphatic rings. The first-order chi connectivity index (χ1) is 8.49. The first-order valence-electron chi connectivity index (χ1n) is 4.77. The van der Waals surface area contributed by atoms with E-state index < -0.39 is 22.3 Å². The Bertz CT molecular complexity index is 583. The summed E-state index contributed by atoms with van der Waals surface area (Å²) < 4.78 is 2.75. The lowest BCUT2D eigenvalue weighted by Gasteiger charge is -1.99. The highest BCUT2D eigenvalue weighted by Gasteiger charge is 2.25. The maximum absolute atomic E-state index is 10.8. The second kappa shape index (κ2) is 4.24. The highest BCUT2D eigenvalue weighted by atomic mass is 16.6. The predicted molar refractivity (Wildman–Crippen MR) is 55.9 cm³/mol. The topological polar surface area (TPSA) is 129 Å². The SMILES string of the molecule is Cn1cnnc1Cn1cc([N+](=O)[O-])c(C(=O)O)n1. The molecule has 2 aromatic heterocycles. The third-order valence-electron chi connectivity index (χ3n) is 2.25. The van der Waals surface area contributed by atoms with Gasteiger partial charge < -0.3 is 9.67 Å².